The van der Waals surface area contributed by atoms with Gasteiger partial charge in [-0.15, -0.1) is 11.3 Å². The Kier molecular flexibility index (Phi) is 3.68. The predicted octanol–water partition coefficient (Wildman–Crippen LogP) is 2.57. The Morgan fingerprint density at radius 1 is 1.58 bits per heavy atom. The Morgan fingerprint density at radius 3 is 3.21 bits per heavy atom. The molecule has 0 aromatic carbocycles. The molecule has 2 aromatic rings. The maximum absolute atomic E-state index is 6.12. The van der Waals surface area contributed by atoms with Gasteiger partial charge in [-0.25, -0.2) is 0 Å². The number of hydrogen-bond donors (Lipinski definition) is 1. The van der Waals surface area contributed by atoms with Gasteiger partial charge in [0.1, 0.15) is 0 Å². The third-order valence-corrected chi connectivity index (χ3v) is 4.69. The first-order chi connectivity index (χ1) is 9.22. The van der Waals surface area contributed by atoms with Gasteiger partial charge >= 0.3 is 0 Å². The molecule has 0 radical (unpaired) electrons. The molecule has 2 atom stereocenters. The van der Waals surface area contributed by atoms with E-state index >= 15 is 0 Å². The monoisotopic (exact) mass is 277 g/mol. The molecule has 0 bridgehead atoms. The van der Waals surface area contributed by atoms with E-state index in [0.29, 0.717) is 5.92 Å². The second-order valence-electron chi connectivity index (χ2n) is 5.32. The molecule has 19 heavy (non-hydrogen) atoms. The summed E-state index contributed by atoms with van der Waals surface area (Å²) in [6, 6.07) is 6.38. The van der Waals surface area contributed by atoms with Crippen LogP contribution in [0.1, 0.15) is 19.0 Å². The number of nitrogens with two attached hydrogens (primary N) is 1. The Morgan fingerprint density at radius 2 is 2.47 bits per heavy atom. The molecule has 5 heteroatoms. The smallest absolute Gasteiger partial charge is 0.177 e. The van der Waals surface area contributed by atoms with Crippen LogP contribution >= 0.6 is 11.3 Å². The van der Waals surface area contributed by atoms with Gasteiger partial charge in [0.25, 0.3) is 0 Å². The first kappa shape index (κ1) is 12.8. The van der Waals surface area contributed by atoms with Crippen molar-refractivity contribution < 1.29 is 4.52 Å². The topological polar surface area (TPSA) is 55.3 Å². The van der Waals surface area contributed by atoms with Gasteiger partial charge in [-0.05, 0) is 30.3 Å². The van der Waals surface area contributed by atoms with Crippen molar-refractivity contribution >= 4 is 11.3 Å². The SMILES string of the molecule is CC1CCN(Cc2cc(-c3cccs3)on2)CC1N. The van der Waals surface area contributed by atoms with Gasteiger partial charge in [0, 0.05) is 25.2 Å². The molecule has 0 saturated carbocycles. The summed E-state index contributed by atoms with van der Waals surface area (Å²) < 4.78 is 5.40. The lowest BCUT2D eigenvalue weighted by atomic mass is 9.94. The minimum atomic E-state index is 0.275. The quantitative estimate of drug-likeness (QED) is 0.937. The second-order valence-corrected chi connectivity index (χ2v) is 6.27. The van der Waals surface area contributed by atoms with Crippen molar-refractivity contribution in [2.75, 3.05) is 13.1 Å². The zero-order valence-corrected chi connectivity index (χ0v) is 11.9. The van der Waals surface area contributed by atoms with E-state index in [1.54, 1.807) is 11.3 Å². The van der Waals surface area contributed by atoms with Crippen molar-refractivity contribution in [2.24, 2.45) is 11.7 Å². The van der Waals surface area contributed by atoms with Crippen molar-refractivity contribution in [3.8, 4) is 10.6 Å². The number of rotatable bonds is 3. The minimum absolute atomic E-state index is 0.275. The third-order valence-electron chi connectivity index (χ3n) is 3.81. The van der Waals surface area contributed by atoms with Crippen LogP contribution in [0.5, 0.6) is 0 Å². The van der Waals surface area contributed by atoms with Crippen LogP contribution in [-0.2, 0) is 6.54 Å². The highest BCUT2D eigenvalue weighted by Crippen LogP contribution is 2.26. The largest absolute Gasteiger partial charge is 0.355 e. The summed E-state index contributed by atoms with van der Waals surface area (Å²) in [4.78, 5) is 3.49. The van der Waals surface area contributed by atoms with Gasteiger partial charge in [-0.3, -0.25) is 4.90 Å². The van der Waals surface area contributed by atoms with Crippen LogP contribution in [0.4, 0.5) is 0 Å². The molecule has 2 N–H and O–H groups in total. The van der Waals surface area contributed by atoms with E-state index in [2.05, 4.69) is 17.0 Å². The Bertz CT molecular complexity index is 523. The van der Waals surface area contributed by atoms with Gasteiger partial charge in [0.05, 0.1) is 10.6 Å². The normalized spacial score (nSPS) is 24.7. The lowest BCUT2D eigenvalue weighted by Crippen LogP contribution is -2.47. The van der Waals surface area contributed by atoms with Crippen molar-refractivity contribution in [1.82, 2.24) is 10.1 Å². The highest BCUT2D eigenvalue weighted by Gasteiger charge is 2.23. The molecule has 0 spiro atoms. The second kappa shape index (κ2) is 5.45. The summed E-state index contributed by atoms with van der Waals surface area (Å²) in [5.74, 6) is 1.48. The first-order valence-electron chi connectivity index (χ1n) is 6.70. The van der Waals surface area contributed by atoms with Crippen LogP contribution in [0.2, 0.25) is 0 Å². The summed E-state index contributed by atoms with van der Waals surface area (Å²) in [5, 5.41) is 6.20. The molecule has 2 aromatic heterocycles. The molecule has 4 nitrogen and oxygen atoms in total. The van der Waals surface area contributed by atoms with Crippen LogP contribution in [0.15, 0.2) is 28.1 Å². The summed E-state index contributed by atoms with van der Waals surface area (Å²) in [6.07, 6.45) is 1.16. The predicted molar refractivity (Wildman–Crippen MR) is 76.8 cm³/mol. The molecule has 102 valence electrons. The summed E-state index contributed by atoms with van der Waals surface area (Å²) >= 11 is 1.67. The van der Waals surface area contributed by atoms with Crippen LogP contribution in [0, 0.1) is 5.92 Å². The average Bonchev–Trinajstić information content (AvgIpc) is 3.04. The fraction of sp³-hybridized carbons (Fsp3) is 0.500. The zero-order valence-electron chi connectivity index (χ0n) is 11.1. The Labute approximate surface area is 117 Å². The number of aromatic nitrogens is 1. The maximum Gasteiger partial charge on any atom is 0.177 e. The van der Waals surface area contributed by atoms with Crippen molar-refractivity contribution in [3.63, 3.8) is 0 Å². The van der Waals surface area contributed by atoms with E-state index in [1.807, 2.05) is 23.6 Å². The molecule has 3 heterocycles. The highest BCUT2D eigenvalue weighted by atomic mass is 32.1. The molecular formula is C14H19N3OS. The molecule has 1 fully saturated rings. The van der Waals surface area contributed by atoms with Crippen molar-refractivity contribution in [3.05, 3.63) is 29.3 Å². The van der Waals surface area contributed by atoms with E-state index in [-0.39, 0.29) is 6.04 Å². The summed E-state index contributed by atoms with van der Waals surface area (Å²) in [6.45, 7) is 5.10. The van der Waals surface area contributed by atoms with E-state index in [1.165, 1.54) is 0 Å². The molecule has 0 aliphatic carbocycles. The highest BCUT2D eigenvalue weighted by molar-refractivity contribution is 7.13. The van der Waals surface area contributed by atoms with E-state index in [9.17, 15) is 0 Å². The number of piperidine rings is 1. The number of likely N-dealkylation sites (tertiary alicyclic amines) is 1. The molecule has 1 aliphatic heterocycles. The van der Waals surface area contributed by atoms with Gasteiger partial charge in [0.2, 0.25) is 0 Å². The number of thiophene rings is 1. The molecule has 0 amide bonds. The zero-order chi connectivity index (χ0) is 13.2. The lowest BCUT2D eigenvalue weighted by molar-refractivity contribution is 0.159. The molecule has 1 aliphatic rings. The van der Waals surface area contributed by atoms with E-state index in [0.717, 1.165) is 42.4 Å². The lowest BCUT2D eigenvalue weighted by Gasteiger charge is -2.34. The standard InChI is InChI=1S/C14H19N3OS/c1-10-4-5-17(9-12(10)15)8-11-7-13(18-16-11)14-3-2-6-19-14/h2-3,6-7,10,12H,4-5,8-9,15H2,1H3. The first-order valence-corrected chi connectivity index (χ1v) is 7.58. The fourth-order valence-corrected chi connectivity index (χ4v) is 3.14. The van der Waals surface area contributed by atoms with E-state index in [4.69, 9.17) is 10.3 Å². The summed E-state index contributed by atoms with van der Waals surface area (Å²) in [7, 11) is 0. The Balaban J connectivity index is 1.64. The van der Waals surface area contributed by atoms with Crippen molar-refractivity contribution in [1.29, 1.82) is 0 Å². The Hall–Kier alpha value is -1.17. The van der Waals surface area contributed by atoms with Gasteiger partial charge < -0.3 is 10.3 Å². The van der Waals surface area contributed by atoms with Crippen molar-refractivity contribution in [2.45, 2.75) is 25.9 Å². The van der Waals surface area contributed by atoms with Gasteiger partial charge in [-0.2, -0.15) is 0 Å². The van der Waals surface area contributed by atoms with Gasteiger partial charge in [-0.1, -0.05) is 18.1 Å². The van der Waals surface area contributed by atoms with Crippen LogP contribution in [-0.4, -0.2) is 29.2 Å². The fourth-order valence-electron chi connectivity index (χ4n) is 2.46. The van der Waals surface area contributed by atoms with Gasteiger partial charge in [0.15, 0.2) is 5.76 Å². The minimum Gasteiger partial charge on any atom is -0.355 e. The van der Waals surface area contributed by atoms with Crippen LogP contribution in [0.25, 0.3) is 10.6 Å². The molecular weight excluding hydrogens is 258 g/mol. The average molecular weight is 277 g/mol. The maximum atomic E-state index is 6.12. The summed E-state index contributed by atoms with van der Waals surface area (Å²) in [5.41, 5.74) is 7.11. The molecule has 1 saturated heterocycles. The van der Waals surface area contributed by atoms with E-state index < -0.39 is 0 Å². The van der Waals surface area contributed by atoms with Crippen LogP contribution in [0.3, 0.4) is 0 Å². The third kappa shape index (κ3) is 2.88. The number of nitrogens with zero attached hydrogens (tertiary/aromatic N) is 2. The molecule has 2 unspecified atom stereocenters. The number of hydrogen-bond acceptors (Lipinski definition) is 5. The molecule has 3 rings (SSSR count). The van der Waals surface area contributed by atoms with Crippen LogP contribution < -0.4 is 5.73 Å².